The van der Waals surface area contributed by atoms with Crippen LogP contribution in [0.15, 0.2) is 48.5 Å². The van der Waals surface area contributed by atoms with Crippen LogP contribution in [0.1, 0.15) is 25.8 Å². The van der Waals surface area contributed by atoms with E-state index >= 15 is 0 Å². The number of hydrogen-bond acceptors (Lipinski definition) is 6. The van der Waals surface area contributed by atoms with Gasteiger partial charge in [0.2, 0.25) is 10.8 Å². The van der Waals surface area contributed by atoms with E-state index in [1.165, 1.54) is 11.8 Å². The number of fused-ring (bicyclic) bond motifs is 2. The Bertz CT molecular complexity index is 1040. The van der Waals surface area contributed by atoms with Crippen molar-refractivity contribution in [2.75, 3.05) is 49.4 Å². The summed E-state index contributed by atoms with van der Waals surface area (Å²) in [5, 5.41) is -0.332. The standard InChI is InChI=1S/C25H29N3O4S/c1-3-14-32-20-10-8-19(9-11-20)28-23(29)18(2)33-25(28)21-6-4-5-7-22(21)27(24(25)30)17-26-12-15-31-16-13-26/h4-11,18H,3,12-17H2,1-2H3/t18-,25+/m1/s1. The van der Waals surface area contributed by atoms with Gasteiger partial charge in [-0.3, -0.25) is 24.3 Å². The second-order valence-corrected chi connectivity index (χ2v) is 10.1. The van der Waals surface area contributed by atoms with Gasteiger partial charge in [0, 0.05) is 24.3 Å². The third-order valence-corrected chi connectivity index (χ3v) is 7.81. The van der Waals surface area contributed by atoms with Crippen LogP contribution in [-0.2, 0) is 19.2 Å². The third-order valence-electron chi connectivity index (χ3n) is 6.34. The number of nitrogens with zero attached hydrogens (tertiary/aromatic N) is 3. The van der Waals surface area contributed by atoms with Crippen LogP contribution in [0.2, 0.25) is 0 Å². The predicted molar refractivity (Wildman–Crippen MR) is 130 cm³/mol. The molecule has 2 fully saturated rings. The fourth-order valence-corrected chi connectivity index (χ4v) is 6.26. The third kappa shape index (κ3) is 3.70. The lowest BCUT2D eigenvalue weighted by molar-refractivity contribution is -0.124. The molecule has 0 saturated carbocycles. The SMILES string of the molecule is CCCOc1ccc(N2C(=O)[C@@H](C)S[C@@]23C(=O)N(CN2CCOCC2)c2ccccc23)cc1. The normalized spacial score (nSPS) is 25.2. The lowest BCUT2D eigenvalue weighted by atomic mass is 10.0. The van der Waals surface area contributed by atoms with Crippen LogP contribution >= 0.6 is 11.8 Å². The minimum atomic E-state index is -1.11. The smallest absolute Gasteiger partial charge is 0.269 e. The predicted octanol–water partition coefficient (Wildman–Crippen LogP) is 3.43. The first kappa shape index (κ1) is 22.3. The number of hydrogen-bond donors (Lipinski definition) is 0. The molecule has 0 bridgehead atoms. The molecule has 3 aliphatic heterocycles. The first-order valence-corrected chi connectivity index (χ1v) is 12.4. The quantitative estimate of drug-likeness (QED) is 0.649. The van der Waals surface area contributed by atoms with Crippen molar-refractivity contribution in [1.29, 1.82) is 0 Å². The van der Waals surface area contributed by atoms with Crippen molar-refractivity contribution >= 4 is 35.0 Å². The number of carbonyl (C=O) groups is 2. The Kier molecular flexibility index (Phi) is 6.07. The van der Waals surface area contributed by atoms with E-state index < -0.39 is 4.87 Å². The summed E-state index contributed by atoms with van der Waals surface area (Å²) in [5.74, 6) is 0.636. The first-order valence-electron chi connectivity index (χ1n) is 11.5. The van der Waals surface area contributed by atoms with E-state index in [1.807, 2.05) is 60.4 Å². The Labute approximate surface area is 198 Å². The van der Waals surface area contributed by atoms with Crippen molar-refractivity contribution in [3.63, 3.8) is 0 Å². The lowest BCUT2D eigenvalue weighted by Crippen LogP contribution is -2.52. The monoisotopic (exact) mass is 467 g/mol. The van der Waals surface area contributed by atoms with Crippen LogP contribution in [0, 0.1) is 0 Å². The van der Waals surface area contributed by atoms with Crippen LogP contribution in [0.3, 0.4) is 0 Å². The van der Waals surface area contributed by atoms with Crippen LogP contribution in [0.5, 0.6) is 5.75 Å². The van der Waals surface area contributed by atoms with Crippen molar-refractivity contribution in [3.05, 3.63) is 54.1 Å². The highest BCUT2D eigenvalue weighted by Crippen LogP contribution is 2.57. The number of benzene rings is 2. The molecule has 0 unspecified atom stereocenters. The van der Waals surface area contributed by atoms with Gasteiger partial charge in [-0.1, -0.05) is 25.1 Å². The minimum Gasteiger partial charge on any atom is -0.494 e. The van der Waals surface area contributed by atoms with E-state index in [1.54, 1.807) is 4.90 Å². The zero-order valence-electron chi connectivity index (χ0n) is 19.0. The minimum absolute atomic E-state index is 0.0568. The number of rotatable bonds is 6. The molecule has 7 nitrogen and oxygen atoms in total. The summed E-state index contributed by atoms with van der Waals surface area (Å²) >= 11 is 1.43. The molecular weight excluding hydrogens is 438 g/mol. The summed E-state index contributed by atoms with van der Waals surface area (Å²) < 4.78 is 11.2. The van der Waals surface area contributed by atoms with Crippen LogP contribution < -0.4 is 14.5 Å². The molecule has 5 rings (SSSR count). The Balaban J connectivity index is 1.54. The van der Waals surface area contributed by atoms with E-state index in [9.17, 15) is 9.59 Å². The number of morpholine rings is 1. The number of thioether (sulfide) groups is 1. The number of anilines is 2. The Morgan fingerprint density at radius 3 is 2.55 bits per heavy atom. The summed E-state index contributed by atoms with van der Waals surface area (Å²) in [6.45, 7) is 7.96. The molecule has 8 heteroatoms. The second-order valence-electron chi connectivity index (χ2n) is 8.54. The van der Waals surface area contributed by atoms with E-state index in [2.05, 4.69) is 11.8 Å². The highest BCUT2D eigenvalue weighted by atomic mass is 32.2. The molecule has 0 radical (unpaired) electrons. The maximum atomic E-state index is 14.2. The Morgan fingerprint density at radius 2 is 1.82 bits per heavy atom. The van der Waals surface area contributed by atoms with Gasteiger partial charge in [0.25, 0.3) is 5.91 Å². The van der Waals surface area contributed by atoms with E-state index in [0.29, 0.717) is 32.2 Å². The van der Waals surface area contributed by atoms with Crippen molar-refractivity contribution in [3.8, 4) is 5.75 Å². The molecule has 3 heterocycles. The highest BCUT2D eigenvalue weighted by Gasteiger charge is 2.63. The van der Waals surface area contributed by atoms with Gasteiger partial charge in [-0.2, -0.15) is 0 Å². The molecule has 2 saturated heterocycles. The number of para-hydroxylation sites is 1. The van der Waals surface area contributed by atoms with Gasteiger partial charge in [-0.15, -0.1) is 11.8 Å². The fourth-order valence-electron chi connectivity index (χ4n) is 4.73. The van der Waals surface area contributed by atoms with Crippen LogP contribution in [-0.4, -0.2) is 61.5 Å². The molecule has 2 amide bonds. The van der Waals surface area contributed by atoms with E-state index in [4.69, 9.17) is 9.47 Å². The molecule has 1 spiro atoms. The summed E-state index contributed by atoms with van der Waals surface area (Å²) in [6, 6.07) is 15.4. The van der Waals surface area contributed by atoms with Crippen LogP contribution in [0.4, 0.5) is 11.4 Å². The zero-order chi connectivity index (χ0) is 23.0. The van der Waals surface area contributed by atoms with Gasteiger partial charge in [0.05, 0.1) is 37.4 Å². The molecule has 2 aromatic rings. The van der Waals surface area contributed by atoms with E-state index in [0.717, 1.165) is 36.5 Å². The molecule has 174 valence electrons. The first-order chi connectivity index (χ1) is 16.1. The number of amides is 2. The van der Waals surface area contributed by atoms with Crippen molar-refractivity contribution in [2.45, 2.75) is 30.4 Å². The molecule has 2 atom stereocenters. The molecule has 0 N–H and O–H groups in total. The maximum absolute atomic E-state index is 14.2. The zero-order valence-corrected chi connectivity index (χ0v) is 19.8. The molecule has 33 heavy (non-hydrogen) atoms. The number of carbonyl (C=O) groups excluding carboxylic acids is 2. The largest absolute Gasteiger partial charge is 0.494 e. The van der Waals surface area contributed by atoms with Gasteiger partial charge in [-0.05, 0) is 43.7 Å². The van der Waals surface area contributed by atoms with Gasteiger partial charge in [0.15, 0.2) is 0 Å². The topological polar surface area (TPSA) is 62.3 Å². The van der Waals surface area contributed by atoms with Gasteiger partial charge in [0.1, 0.15) is 5.75 Å². The molecule has 2 aromatic carbocycles. The van der Waals surface area contributed by atoms with Gasteiger partial charge in [-0.25, -0.2) is 0 Å². The van der Waals surface area contributed by atoms with Crippen molar-refractivity contribution < 1.29 is 19.1 Å². The molecule has 0 aromatic heterocycles. The molecular formula is C25H29N3O4S. The van der Waals surface area contributed by atoms with Crippen molar-refractivity contribution in [1.82, 2.24) is 4.90 Å². The lowest BCUT2D eigenvalue weighted by Gasteiger charge is -2.35. The molecule has 0 aliphatic carbocycles. The van der Waals surface area contributed by atoms with Crippen molar-refractivity contribution in [2.24, 2.45) is 0 Å². The average molecular weight is 468 g/mol. The number of ether oxygens (including phenoxy) is 2. The van der Waals surface area contributed by atoms with Gasteiger partial charge < -0.3 is 9.47 Å². The Morgan fingerprint density at radius 1 is 1.09 bits per heavy atom. The summed E-state index contributed by atoms with van der Waals surface area (Å²) in [7, 11) is 0. The molecule has 3 aliphatic rings. The average Bonchev–Trinajstić information content (AvgIpc) is 3.24. The fraction of sp³-hybridized carbons (Fsp3) is 0.440. The second kappa shape index (κ2) is 9.00. The maximum Gasteiger partial charge on any atom is 0.269 e. The highest BCUT2D eigenvalue weighted by molar-refractivity contribution is 8.03. The van der Waals surface area contributed by atoms with E-state index in [-0.39, 0.29) is 17.1 Å². The summed E-state index contributed by atoms with van der Waals surface area (Å²) in [5.41, 5.74) is 2.45. The van der Waals surface area contributed by atoms with Gasteiger partial charge >= 0.3 is 0 Å². The Hall–Kier alpha value is -2.55. The summed E-state index contributed by atoms with van der Waals surface area (Å²) in [4.78, 5) is 32.3. The van der Waals surface area contributed by atoms with Crippen LogP contribution in [0.25, 0.3) is 0 Å². The summed E-state index contributed by atoms with van der Waals surface area (Å²) in [6.07, 6.45) is 0.924.